The van der Waals surface area contributed by atoms with Crippen LogP contribution in [0.4, 0.5) is 0 Å². The maximum absolute atomic E-state index is 12.2. The second-order valence-corrected chi connectivity index (χ2v) is 8.75. The van der Waals surface area contributed by atoms with E-state index in [2.05, 4.69) is 70.0 Å². The zero-order valence-corrected chi connectivity index (χ0v) is 19.8. The molecule has 0 spiro atoms. The molecule has 1 saturated heterocycles. The first-order valence-electron chi connectivity index (χ1n) is 11.6. The lowest BCUT2D eigenvalue weighted by Gasteiger charge is -2.21. The largest absolute Gasteiger partial charge is 0.352 e. The molecule has 2 aromatic rings. The minimum atomic E-state index is -0.0215. The predicted molar refractivity (Wildman–Crippen MR) is 132 cm³/mol. The van der Waals surface area contributed by atoms with Crippen LogP contribution >= 0.6 is 0 Å². The Morgan fingerprint density at radius 1 is 1.12 bits per heavy atom. The summed E-state index contributed by atoms with van der Waals surface area (Å²) in [5, 5.41) is 9.97. The van der Waals surface area contributed by atoms with Gasteiger partial charge < -0.3 is 16.0 Å². The normalized spacial score (nSPS) is 20.1. The second-order valence-electron chi connectivity index (χ2n) is 8.75. The zero-order chi connectivity index (χ0) is 22.9. The summed E-state index contributed by atoms with van der Waals surface area (Å²) in [6.45, 7) is 9.00. The molecule has 0 aliphatic carbocycles. The number of carbonyl (C=O) groups excluding carboxylic acids is 1. The highest BCUT2D eigenvalue weighted by Gasteiger charge is 2.29. The molecule has 0 saturated carbocycles. The molecule has 1 aliphatic rings. The number of guanidine groups is 1. The molecule has 1 aliphatic heterocycles. The Hall–Kier alpha value is -2.86. The van der Waals surface area contributed by atoms with E-state index in [4.69, 9.17) is 0 Å². The van der Waals surface area contributed by atoms with Crippen LogP contribution in [0.3, 0.4) is 0 Å². The molecule has 6 nitrogen and oxygen atoms in total. The van der Waals surface area contributed by atoms with Crippen molar-refractivity contribution in [2.75, 3.05) is 13.6 Å². The molecule has 172 valence electrons. The van der Waals surface area contributed by atoms with Gasteiger partial charge in [0.05, 0.1) is 0 Å². The van der Waals surface area contributed by atoms with Crippen molar-refractivity contribution in [3.8, 4) is 0 Å². The van der Waals surface area contributed by atoms with Gasteiger partial charge in [0.25, 0.3) is 5.91 Å². The Bertz CT molecular complexity index is 881. The fourth-order valence-corrected chi connectivity index (χ4v) is 4.00. The summed E-state index contributed by atoms with van der Waals surface area (Å²) in [4.78, 5) is 19.2. The number of rotatable bonds is 8. The number of hydrogen-bond donors (Lipinski definition) is 3. The number of amides is 1. The summed E-state index contributed by atoms with van der Waals surface area (Å²) in [5.74, 6) is 0.786. The lowest BCUT2D eigenvalue weighted by Crippen LogP contribution is -2.44. The average molecular weight is 436 g/mol. The summed E-state index contributed by atoms with van der Waals surface area (Å²) in [5.41, 5.74) is 3.15. The number of likely N-dealkylation sites (tertiary alicyclic amines) is 1. The predicted octanol–water partition coefficient (Wildman–Crippen LogP) is 3.54. The SMILES string of the molecule is CCC(C)NC(=O)c1ccc(CNC(=NC)NC2CC(C)N(Cc3ccccc3)C2)cc1. The Balaban J connectivity index is 1.47. The molecule has 3 unspecified atom stereocenters. The first-order valence-corrected chi connectivity index (χ1v) is 11.6. The molecule has 32 heavy (non-hydrogen) atoms. The molecule has 0 aromatic heterocycles. The highest BCUT2D eigenvalue weighted by molar-refractivity contribution is 5.94. The molecule has 1 heterocycles. The standard InChI is InChI=1S/C26H37N5O/c1-5-19(2)29-25(32)23-13-11-21(12-14-23)16-28-26(27-4)30-24-15-20(3)31(18-24)17-22-9-7-6-8-10-22/h6-14,19-20,24H,5,15-18H2,1-4H3,(H,29,32)(H2,27,28,30). The van der Waals surface area contributed by atoms with Crippen LogP contribution in [0.5, 0.6) is 0 Å². The fourth-order valence-electron chi connectivity index (χ4n) is 4.00. The number of nitrogens with zero attached hydrogens (tertiary/aromatic N) is 2. The summed E-state index contributed by atoms with van der Waals surface area (Å²) < 4.78 is 0. The third-order valence-corrected chi connectivity index (χ3v) is 6.16. The van der Waals surface area contributed by atoms with Gasteiger partial charge in [-0.15, -0.1) is 0 Å². The van der Waals surface area contributed by atoms with Crippen LogP contribution < -0.4 is 16.0 Å². The van der Waals surface area contributed by atoms with Gasteiger partial charge in [0.15, 0.2) is 5.96 Å². The van der Waals surface area contributed by atoms with Crippen LogP contribution in [-0.4, -0.2) is 48.5 Å². The van der Waals surface area contributed by atoms with Gasteiger partial charge in [-0.2, -0.15) is 0 Å². The highest BCUT2D eigenvalue weighted by Crippen LogP contribution is 2.20. The maximum Gasteiger partial charge on any atom is 0.251 e. The molecule has 1 amide bonds. The number of benzene rings is 2. The summed E-state index contributed by atoms with van der Waals surface area (Å²) in [6.07, 6.45) is 2.01. The number of aliphatic imine (C=N–C) groups is 1. The van der Waals surface area contributed by atoms with Crippen molar-refractivity contribution < 1.29 is 4.79 Å². The van der Waals surface area contributed by atoms with E-state index in [9.17, 15) is 4.79 Å². The van der Waals surface area contributed by atoms with Crippen molar-refractivity contribution in [2.45, 2.75) is 64.8 Å². The molecule has 3 atom stereocenters. The van der Waals surface area contributed by atoms with Crippen molar-refractivity contribution in [1.29, 1.82) is 0 Å². The monoisotopic (exact) mass is 435 g/mol. The van der Waals surface area contributed by atoms with Gasteiger partial charge in [-0.05, 0) is 49.9 Å². The van der Waals surface area contributed by atoms with Gasteiger partial charge >= 0.3 is 0 Å². The van der Waals surface area contributed by atoms with Crippen LogP contribution in [0.2, 0.25) is 0 Å². The Kier molecular flexibility index (Phi) is 8.68. The number of hydrogen-bond acceptors (Lipinski definition) is 3. The van der Waals surface area contributed by atoms with Crippen LogP contribution in [0.1, 0.15) is 55.1 Å². The van der Waals surface area contributed by atoms with Crippen molar-refractivity contribution in [3.05, 3.63) is 71.3 Å². The minimum absolute atomic E-state index is 0.0215. The Morgan fingerprint density at radius 2 is 1.84 bits per heavy atom. The molecule has 2 aromatic carbocycles. The summed E-state index contributed by atoms with van der Waals surface area (Å²) >= 11 is 0. The maximum atomic E-state index is 12.2. The van der Waals surface area contributed by atoms with E-state index in [1.165, 1.54) is 5.56 Å². The first kappa shape index (κ1) is 23.8. The smallest absolute Gasteiger partial charge is 0.251 e. The van der Waals surface area contributed by atoms with Gasteiger partial charge in [0.2, 0.25) is 0 Å². The quantitative estimate of drug-likeness (QED) is 0.438. The molecule has 3 rings (SSSR count). The molecule has 1 fully saturated rings. The second kappa shape index (κ2) is 11.7. The van der Waals surface area contributed by atoms with E-state index in [-0.39, 0.29) is 11.9 Å². The van der Waals surface area contributed by atoms with E-state index in [0.717, 1.165) is 37.5 Å². The van der Waals surface area contributed by atoms with Crippen LogP contribution in [0.25, 0.3) is 0 Å². The van der Waals surface area contributed by atoms with Crippen molar-refractivity contribution in [2.24, 2.45) is 4.99 Å². The highest BCUT2D eigenvalue weighted by atomic mass is 16.1. The van der Waals surface area contributed by atoms with Gasteiger partial charge in [0.1, 0.15) is 0 Å². The number of nitrogens with one attached hydrogen (secondary N) is 3. The molecular weight excluding hydrogens is 398 g/mol. The Labute approximate surface area is 192 Å². The van der Waals surface area contributed by atoms with Gasteiger partial charge in [0, 0.05) is 50.4 Å². The van der Waals surface area contributed by atoms with Crippen LogP contribution in [-0.2, 0) is 13.1 Å². The molecule has 3 N–H and O–H groups in total. The van der Waals surface area contributed by atoms with Crippen LogP contribution in [0.15, 0.2) is 59.6 Å². The van der Waals surface area contributed by atoms with E-state index in [1.54, 1.807) is 7.05 Å². The molecular formula is C26H37N5O. The molecule has 6 heteroatoms. The van der Waals surface area contributed by atoms with Gasteiger partial charge in [-0.3, -0.25) is 14.7 Å². The lowest BCUT2D eigenvalue weighted by molar-refractivity contribution is 0.0939. The van der Waals surface area contributed by atoms with Crippen molar-refractivity contribution in [1.82, 2.24) is 20.9 Å². The minimum Gasteiger partial charge on any atom is -0.352 e. The zero-order valence-electron chi connectivity index (χ0n) is 19.8. The number of carbonyl (C=O) groups is 1. The van der Waals surface area contributed by atoms with Gasteiger partial charge in [-0.1, -0.05) is 49.4 Å². The molecule has 0 bridgehead atoms. The topological polar surface area (TPSA) is 68.8 Å². The first-order chi connectivity index (χ1) is 15.5. The fraction of sp³-hybridized carbons (Fsp3) is 0.462. The molecule has 0 radical (unpaired) electrons. The van der Waals surface area contributed by atoms with E-state index in [1.807, 2.05) is 31.2 Å². The van der Waals surface area contributed by atoms with E-state index >= 15 is 0 Å². The van der Waals surface area contributed by atoms with Crippen molar-refractivity contribution >= 4 is 11.9 Å². The Morgan fingerprint density at radius 3 is 2.50 bits per heavy atom. The summed E-state index contributed by atoms with van der Waals surface area (Å²) in [6, 6.07) is 19.5. The van der Waals surface area contributed by atoms with E-state index < -0.39 is 0 Å². The lowest BCUT2D eigenvalue weighted by atomic mass is 10.1. The summed E-state index contributed by atoms with van der Waals surface area (Å²) in [7, 11) is 1.80. The van der Waals surface area contributed by atoms with E-state index in [0.29, 0.717) is 24.2 Å². The van der Waals surface area contributed by atoms with Gasteiger partial charge in [-0.25, -0.2) is 0 Å². The average Bonchev–Trinajstić information content (AvgIpc) is 3.15. The van der Waals surface area contributed by atoms with Crippen molar-refractivity contribution in [3.63, 3.8) is 0 Å². The third-order valence-electron chi connectivity index (χ3n) is 6.16. The third kappa shape index (κ3) is 6.82. The van der Waals surface area contributed by atoms with Crippen LogP contribution in [0, 0.1) is 0 Å².